The van der Waals surface area contributed by atoms with E-state index >= 15 is 0 Å². The summed E-state index contributed by atoms with van der Waals surface area (Å²) < 4.78 is 33.5. The van der Waals surface area contributed by atoms with E-state index in [0.29, 0.717) is 44.0 Å². The van der Waals surface area contributed by atoms with E-state index in [4.69, 9.17) is 4.52 Å². The van der Waals surface area contributed by atoms with Gasteiger partial charge in [0.25, 0.3) is 15.9 Å². The van der Waals surface area contributed by atoms with Gasteiger partial charge in [-0.25, -0.2) is 8.42 Å². The number of hydrogen-bond donors (Lipinski definition) is 1. The number of carbonyl (C=O) groups excluding carboxylic acids is 1. The van der Waals surface area contributed by atoms with Gasteiger partial charge in [0.1, 0.15) is 0 Å². The predicted octanol–water partition coefficient (Wildman–Crippen LogP) is 3.05. The predicted molar refractivity (Wildman–Crippen MR) is 121 cm³/mol. The van der Waals surface area contributed by atoms with Crippen LogP contribution in [0.25, 0.3) is 0 Å². The highest BCUT2D eigenvalue weighted by atomic mass is 32.2. The maximum Gasteiger partial charge on any atom is 0.261 e. The van der Waals surface area contributed by atoms with Crippen LogP contribution in [0, 0.1) is 13.8 Å². The Morgan fingerprint density at radius 2 is 1.78 bits per heavy atom. The van der Waals surface area contributed by atoms with Gasteiger partial charge in [-0.2, -0.15) is 0 Å². The number of amides is 1. The lowest BCUT2D eigenvalue weighted by atomic mass is 10.2. The molecule has 0 bridgehead atoms. The van der Waals surface area contributed by atoms with Crippen LogP contribution in [0.5, 0.6) is 0 Å². The fraction of sp³-hybridized carbons (Fsp3) is 0.304. The number of nitrogens with one attached hydrogen (secondary N) is 1. The van der Waals surface area contributed by atoms with Gasteiger partial charge in [0.15, 0.2) is 5.76 Å². The SMILES string of the molecule is Cc1cccc(NS(=O)(=O)c2cccc(C(=O)N3CCN(Cc4cc(C)no4)CC3)c2)c1. The van der Waals surface area contributed by atoms with Gasteiger partial charge in [0.2, 0.25) is 0 Å². The molecule has 1 amide bonds. The van der Waals surface area contributed by atoms with Gasteiger partial charge in [-0.3, -0.25) is 14.4 Å². The van der Waals surface area contributed by atoms with Crippen molar-refractivity contribution in [3.63, 3.8) is 0 Å². The molecule has 0 atom stereocenters. The lowest BCUT2D eigenvalue weighted by Crippen LogP contribution is -2.48. The van der Waals surface area contributed by atoms with Crippen molar-refractivity contribution in [3.8, 4) is 0 Å². The van der Waals surface area contributed by atoms with Crippen LogP contribution in [0.1, 0.15) is 27.4 Å². The van der Waals surface area contributed by atoms with Crippen molar-refractivity contribution in [2.75, 3.05) is 30.9 Å². The Hall–Kier alpha value is -3.17. The van der Waals surface area contributed by atoms with Gasteiger partial charge in [0, 0.05) is 43.5 Å². The van der Waals surface area contributed by atoms with Crippen LogP contribution in [0.2, 0.25) is 0 Å². The largest absolute Gasteiger partial charge is 0.360 e. The quantitative estimate of drug-likeness (QED) is 0.615. The molecule has 1 aliphatic heterocycles. The van der Waals surface area contributed by atoms with E-state index in [1.165, 1.54) is 12.1 Å². The van der Waals surface area contributed by atoms with E-state index in [2.05, 4.69) is 14.8 Å². The Bertz CT molecular complexity index is 1210. The van der Waals surface area contributed by atoms with Crippen LogP contribution in [0.3, 0.4) is 0 Å². The number of hydrogen-bond acceptors (Lipinski definition) is 6. The third-order valence-electron chi connectivity index (χ3n) is 5.38. The molecule has 1 fully saturated rings. The molecule has 1 saturated heterocycles. The third-order valence-corrected chi connectivity index (χ3v) is 6.76. The van der Waals surface area contributed by atoms with E-state index in [0.717, 1.165) is 17.0 Å². The van der Waals surface area contributed by atoms with Crippen LogP contribution < -0.4 is 4.72 Å². The summed E-state index contributed by atoms with van der Waals surface area (Å²) in [6.07, 6.45) is 0. The smallest absolute Gasteiger partial charge is 0.261 e. The number of piperazine rings is 1. The molecular formula is C23H26N4O4S. The van der Waals surface area contributed by atoms with Crippen molar-refractivity contribution in [1.82, 2.24) is 15.0 Å². The molecule has 168 valence electrons. The van der Waals surface area contributed by atoms with Crippen molar-refractivity contribution >= 4 is 21.6 Å². The van der Waals surface area contributed by atoms with Crippen LogP contribution in [0.4, 0.5) is 5.69 Å². The first-order valence-electron chi connectivity index (χ1n) is 10.4. The Morgan fingerprint density at radius 3 is 2.47 bits per heavy atom. The van der Waals surface area contributed by atoms with E-state index in [9.17, 15) is 13.2 Å². The molecule has 1 aromatic heterocycles. The minimum Gasteiger partial charge on any atom is -0.360 e. The molecule has 9 heteroatoms. The molecule has 0 spiro atoms. The van der Waals surface area contributed by atoms with Crippen molar-refractivity contribution < 1.29 is 17.7 Å². The summed E-state index contributed by atoms with van der Waals surface area (Å²) in [4.78, 5) is 17.0. The molecule has 2 aromatic carbocycles. The van der Waals surface area contributed by atoms with Gasteiger partial charge >= 0.3 is 0 Å². The summed E-state index contributed by atoms with van der Waals surface area (Å²) in [6, 6.07) is 15.2. The van der Waals surface area contributed by atoms with Crippen molar-refractivity contribution in [3.05, 3.63) is 77.2 Å². The van der Waals surface area contributed by atoms with Crippen LogP contribution in [-0.2, 0) is 16.6 Å². The van der Waals surface area contributed by atoms with E-state index in [-0.39, 0.29) is 10.8 Å². The Labute approximate surface area is 187 Å². The second-order valence-electron chi connectivity index (χ2n) is 8.01. The number of carbonyl (C=O) groups is 1. The van der Waals surface area contributed by atoms with Crippen molar-refractivity contribution in [2.24, 2.45) is 0 Å². The third kappa shape index (κ3) is 5.17. The molecule has 0 radical (unpaired) electrons. The molecule has 1 N–H and O–H groups in total. The lowest BCUT2D eigenvalue weighted by Gasteiger charge is -2.34. The maximum atomic E-state index is 13.0. The van der Waals surface area contributed by atoms with Crippen LogP contribution in [0.15, 0.2) is 64.0 Å². The zero-order valence-corrected chi connectivity index (χ0v) is 18.9. The number of aromatic nitrogens is 1. The molecule has 32 heavy (non-hydrogen) atoms. The molecule has 4 rings (SSSR count). The number of rotatable bonds is 6. The van der Waals surface area contributed by atoms with Gasteiger partial charge in [0.05, 0.1) is 17.1 Å². The van der Waals surface area contributed by atoms with Gasteiger partial charge < -0.3 is 9.42 Å². The second-order valence-corrected chi connectivity index (χ2v) is 9.69. The fourth-order valence-electron chi connectivity index (χ4n) is 3.72. The minimum absolute atomic E-state index is 0.0594. The van der Waals surface area contributed by atoms with Crippen LogP contribution in [-0.4, -0.2) is 55.5 Å². The highest BCUT2D eigenvalue weighted by Gasteiger charge is 2.24. The topological polar surface area (TPSA) is 95.8 Å². The van der Waals surface area contributed by atoms with Crippen molar-refractivity contribution in [1.29, 1.82) is 0 Å². The van der Waals surface area contributed by atoms with Gasteiger partial charge in [-0.05, 0) is 49.7 Å². The maximum absolute atomic E-state index is 13.0. The average Bonchev–Trinajstić information content (AvgIpc) is 3.18. The summed E-state index contributed by atoms with van der Waals surface area (Å²) in [5.41, 5.74) is 2.64. The fourth-order valence-corrected chi connectivity index (χ4v) is 4.82. The number of benzene rings is 2. The molecule has 3 aromatic rings. The molecular weight excluding hydrogens is 428 g/mol. The minimum atomic E-state index is -3.80. The Morgan fingerprint density at radius 1 is 1.03 bits per heavy atom. The molecule has 0 saturated carbocycles. The number of anilines is 1. The van der Waals surface area contributed by atoms with Gasteiger partial charge in [-0.1, -0.05) is 23.4 Å². The standard InChI is InChI=1S/C23H26N4O4S/c1-17-5-3-7-20(13-17)25-32(29,30)22-8-4-6-19(15-22)23(28)27-11-9-26(10-12-27)16-21-14-18(2)24-31-21/h3-8,13-15,25H,9-12,16H2,1-2H3. The first kappa shape index (κ1) is 22.0. The monoisotopic (exact) mass is 454 g/mol. The highest BCUT2D eigenvalue weighted by molar-refractivity contribution is 7.92. The summed E-state index contributed by atoms with van der Waals surface area (Å²) in [5, 5.41) is 3.90. The first-order chi connectivity index (χ1) is 15.3. The van der Waals surface area contributed by atoms with Crippen LogP contribution >= 0.6 is 0 Å². The molecule has 0 unspecified atom stereocenters. The molecule has 2 heterocycles. The molecule has 0 aliphatic carbocycles. The second kappa shape index (κ2) is 9.13. The Kier molecular flexibility index (Phi) is 6.29. The average molecular weight is 455 g/mol. The summed E-state index contributed by atoms with van der Waals surface area (Å²) >= 11 is 0. The first-order valence-corrected chi connectivity index (χ1v) is 11.9. The van der Waals surface area contributed by atoms with Crippen molar-refractivity contribution in [2.45, 2.75) is 25.3 Å². The highest BCUT2D eigenvalue weighted by Crippen LogP contribution is 2.19. The van der Waals surface area contributed by atoms with Gasteiger partial charge in [-0.15, -0.1) is 0 Å². The summed E-state index contributed by atoms with van der Waals surface area (Å²) in [7, 11) is -3.80. The zero-order chi connectivity index (χ0) is 22.7. The normalized spacial score (nSPS) is 15.0. The molecule has 1 aliphatic rings. The number of aryl methyl sites for hydroxylation is 2. The summed E-state index contributed by atoms with van der Waals surface area (Å²) in [6.45, 7) is 6.96. The number of nitrogens with zero attached hydrogens (tertiary/aromatic N) is 3. The van der Waals surface area contributed by atoms with E-state index in [1.807, 2.05) is 26.0 Å². The Balaban J connectivity index is 1.41. The number of sulfonamides is 1. The zero-order valence-electron chi connectivity index (χ0n) is 18.1. The summed E-state index contributed by atoms with van der Waals surface area (Å²) in [5.74, 6) is 0.633. The van der Waals surface area contributed by atoms with E-state index in [1.54, 1.807) is 35.2 Å². The molecule has 8 nitrogen and oxygen atoms in total. The van der Waals surface area contributed by atoms with E-state index < -0.39 is 10.0 Å². The lowest BCUT2D eigenvalue weighted by molar-refractivity contribution is 0.0617.